The summed E-state index contributed by atoms with van der Waals surface area (Å²) >= 11 is 0. The van der Waals surface area contributed by atoms with E-state index in [1.54, 1.807) is 0 Å². The van der Waals surface area contributed by atoms with Crippen molar-refractivity contribution in [2.45, 2.75) is 18.9 Å². The molecule has 2 aliphatic rings. The van der Waals surface area contributed by atoms with Crippen molar-refractivity contribution in [3.63, 3.8) is 0 Å². The second-order valence-corrected chi connectivity index (χ2v) is 3.23. The van der Waals surface area contributed by atoms with Crippen molar-refractivity contribution in [3.8, 4) is 0 Å². The van der Waals surface area contributed by atoms with Gasteiger partial charge in [0.25, 0.3) is 0 Å². The molecule has 1 heterocycles. The van der Waals surface area contributed by atoms with Crippen molar-refractivity contribution < 1.29 is 5.11 Å². The first-order valence-electron chi connectivity index (χ1n) is 3.76. The van der Waals surface area contributed by atoms with Gasteiger partial charge in [0, 0.05) is 12.5 Å². The summed E-state index contributed by atoms with van der Waals surface area (Å²) in [4.78, 5) is 0. The number of hydrogen-bond acceptors (Lipinski definition) is 2. The molecule has 0 unspecified atom stereocenters. The van der Waals surface area contributed by atoms with Crippen molar-refractivity contribution in [1.82, 2.24) is 5.32 Å². The molecule has 0 bridgehead atoms. The van der Waals surface area contributed by atoms with Crippen LogP contribution in [-0.4, -0.2) is 24.3 Å². The average molecular weight is 127 g/mol. The molecule has 3 atom stereocenters. The van der Waals surface area contributed by atoms with Gasteiger partial charge in [-0.1, -0.05) is 0 Å². The van der Waals surface area contributed by atoms with Gasteiger partial charge in [-0.05, 0) is 25.3 Å². The fourth-order valence-corrected chi connectivity index (χ4v) is 2.12. The molecule has 1 saturated carbocycles. The SMILES string of the molecule is O[C@@H]1CC[C@@H]2CNC[C@@H]21. The standard InChI is InChI=1S/C7H13NO/c9-7-2-1-5-3-8-4-6(5)7/h5-9H,1-4H2/t5-,6+,7-/m1/s1. The second kappa shape index (κ2) is 1.96. The summed E-state index contributed by atoms with van der Waals surface area (Å²) in [7, 11) is 0. The van der Waals surface area contributed by atoms with E-state index in [9.17, 15) is 5.11 Å². The van der Waals surface area contributed by atoms with Gasteiger partial charge < -0.3 is 10.4 Å². The molecule has 52 valence electrons. The lowest BCUT2D eigenvalue weighted by Gasteiger charge is -2.09. The largest absolute Gasteiger partial charge is 0.393 e. The molecule has 0 aromatic rings. The van der Waals surface area contributed by atoms with Crippen LogP contribution < -0.4 is 5.32 Å². The minimum absolute atomic E-state index is 0.00463. The molecule has 1 aliphatic heterocycles. The predicted molar refractivity (Wildman–Crippen MR) is 35.1 cm³/mol. The Kier molecular flexibility index (Phi) is 1.24. The minimum atomic E-state index is 0.00463. The van der Waals surface area contributed by atoms with Crippen molar-refractivity contribution in [3.05, 3.63) is 0 Å². The number of aliphatic hydroxyl groups excluding tert-OH is 1. The molecule has 2 heteroatoms. The Hall–Kier alpha value is -0.0800. The molecule has 2 N–H and O–H groups in total. The number of aliphatic hydroxyl groups is 1. The third kappa shape index (κ3) is 0.775. The van der Waals surface area contributed by atoms with E-state index < -0.39 is 0 Å². The fourth-order valence-electron chi connectivity index (χ4n) is 2.12. The summed E-state index contributed by atoms with van der Waals surface area (Å²) in [5, 5.41) is 12.7. The van der Waals surface area contributed by atoms with Crippen molar-refractivity contribution in [2.75, 3.05) is 13.1 Å². The zero-order valence-corrected chi connectivity index (χ0v) is 5.51. The van der Waals surface area contributed by atoms with Gasteiger partial charge in [0.05, 0.1) is 6.10 Å². The van der Waals surface area contributed by atoms with Crippen molar-refractivity contribution >= 4 is 0 Å². The zero-order chi connectivity index (χ0) is 6.27. The number of fused-ring (bicyclic) bond motifs is 1. The van der Waals surface area contributed by atoms with E-state index >= 15 is 0 Å². The first-order valence-corrected chi connectivity index (χ1v) is 3.76. The molecule has 2 rings (SSSR count). The Morgan fingerprint density at radius 2 is 2.11 bits per heavy atom. The first kappa shape index (κ1) is 5.69. The quantitative estimate of drug-likeness (QED) is 0.479. The summed E-state index contributed by atoms with van der Waals surface area (Å²) in [6, 6.07) is 0. The van der Waals surface area contributed by atoms with E-state index in [1.165, 1.54) is 6.42 Å². The molecule has 9 heavy (non-hydrogen) atoms. The lowest BCUT2D eigenvalue weighted by Crippen LogP contribution is -2.19. The van der Waals surface area contributed by atoms with Gasteiger partial charge in [0.15, 0.2) is 0 Å². The maximum atomic E-state index is 9.36. The summed E-state index contributed by atoms with van der Waals surface area (Å²) in [6.45, 7) is 2.19. The van der Waals surface area contributed by atoms with Crippen molar-refractivity contribution in [1.29, 1.82) is 0 Å². The van der Waals surface area contributed by atoms with Crippen LogP contribution in [0, 0.1) is 11.8 Å². The topological polar surface area (TPSA) is 32.3 Å². The third-order valence-electron chi connectivity index (χ3n) is 2.72. The highest BCUT2D eigenvalue weighted by molar-refractivity contribution is 4.91. The van der Waals surface area contributed by atoms with Gasteiger partial charge in [-0.3, -0.25) is 0 Å². The fraction of sp³-hybridized carbons (Fsp3) is 1.00. The lowest BCUT2D eigenvalue weighted by atomic mass is 10.00. The van der Waals surface area contributed by atoms with E-state index in [1.807, 2.05) is 0 Å². The van der Waals surface area contributed by atoms with Gasteiger partial charge in [0.2, 0.25) is 0 Å². The summed E-state index contributed by atoms with van der Waals surface area (Å²) in [5.41, 5.74) is 0. The molecule has 2 nitrogen and oxygen atoms in total. The molecule has 2 fully saturated rings. The summed E-state index contributed by atoms with van der Waals surface area (Å²) in [6.07, 6.45) is 2.28. The van der Waals surface area contributed by atoms with E-state index in [-0.39, 0.29) is 6.10 Å². The molecule has 0 spiro atoms. The molecule has 0 aromatic heterocycles. The average Bonchev–Trinajstić information content (AvgIpc) is 2.35. The van der Waals surface area contributed by atoms with Gasteiger partial charge in [-0.15, -0.1) is 0 Å². The van der Waals surface area contributed by atoms with Crippen LogP contribution in [0.25, 0.3) is 0 Å². The Morgan fingerprint density at radius 3 is 2.89 bits per heavy atom. The number of hydrogen-bond donors (Lipinski definition) is 2. The molecule has 1 saturated heterocycles. The highest BCUT2D eigenvalue weighted by Gasteiger charge is 2.37. The van der Waals surface area contributed by atoms with Gasteiger partial charge in [-0.25, -0.2) is 0 Å². The van der Waals surface area contributed by atoms with E-state index in [0.717, 1.165) is 25.4 Å². The Labute approximate surface area is 55.3 Å². The Morgan fingerprint density at radius 1 is 1.22 bits per heavy atom. The molecule has 0 amide bonds. The highest BCUT2D eigenvalue weighted by Crippen LogP contribution is 2.33. The van der Waals surface area contributed by atoms with Crippen LogP contribution in [0.15, 0.2) is 0 Å². The van der Waals surface area contributed by atoms with Crippen LogP contribution in [0.2, 0.25) is 0 Å². The maximum absolute atomic E-state index is 9.36. The third-order valence-corrected chi connectivity index (χ3v) is 2.72. The predicted octanol–water partition coefficient (Wildman–Crippen LogP) is -0.0233. The monoisotopic (exact) mass is 127 g/mol. The van der Waals surface area contributed by atoms with E-state index in [2.05, 4.69) is 5.32 Å². The zero-order valence-electron chi connectivity index (χ0n) is 5.51. The van der Waals surface area contributed by atoms with Crippen LogP contribution in [0.4, 0.5) is 0 Å². The van der Waals surface area contributed by atoms with Crippen molar-refractivity contribution in [2.24, 2.45) is 11.8 Å². The van der Waals surface area contributed by atoms with Gasteiger partial charge >= 0.3 is 0 Å². The van der Waals surface area contributed by atoms with Crippen LogP contribution in [-0.2, 0) is 0 Å². The van der Waals surface area contributed by atoms with E-state index in [0.29, 0.717) is 5.92 Å². The number of rotatable bonds is 0. The number of nitrogens with one attached hydrogen (secondary N) is 1. The van der Waals surface area contributed by atoms with Crippen LogP contribution >= 0.6 is 0 Å². The van der Waals surface area contributed by atoms with Crippen LogP contribution in [0.3, 0.4) is 0 Å². The summed E-state index contributed by atoms with van der Waals surface area (Å²) < 4.78 is 0. The molecule has 1 aliphatic carbocycles. The first-order chi connectivity index (χ1) is 4.38. The lowest BCUT2D eigenvalue weighted by molar-refractivity contribution is 0.133. The molecular formula is C7H13NO. The smallest absolute Gasteiger partial charge is 0.0583 e. The second-order valence-electron chi connectivity index (χ2n) is 3.23. The maximum Gasteiger partial charge on any atom is 0.0583 e. The molecule has 0 radical (unpaired) electrons. The van der Waals surface area contributed by atoms with Gasteiger partial charge in [0.1, 0.15) is 0 Å². The molecular weight excluding hydrogens is 114 g/mol. The Balaban J connectivity index is 2.07. The summed E-state index contributed by atoms with van der Waals surface area (Å²) in [5.74, 6) is 1.38. The highest BCUT2D eigenvalue weighted by atomic mass is 16.3. The normalized spacial score (nSPS) is 49.7. The van der Waals surface area contributed by atoms with Crippen LogP contribution in [0.1, 0.15) is 12.8 Å². The Bertz CT molecular complexity index is 115. The molecule has 0 aromatic carbocycles. The van der Waals surface area contributed by atoms with Crippen LogP contribution in [0.5, 0.6) is 0 Å². The van der Waals surface area contributed by atoms with Gasteiger partial charge in [-0.2, -0.15) is 0 Å². The van der Waals surface area contributed by atoms with E-state index in [4.69, 9.17) is 0 Å². The minimum Gasteiger partial charge on any atom is -0.393 e.